The van der Waals surface area contributed by atoms with Gasteiger partial charge in [-0.2, -0.15) is 13.2 Å². The highest BCUT2D eigenvalue weighted by atomic mass is 35.5. The monoisotopic (exact) mass is 273 g/mol. The predicted molar refractivity (Wildman–Crippen MR) is 57.4 cm³/mol. The Hall–Kier alpha value is -0.850. The zero-order chi connectivity index (χ0) is 12.5. The van der Waals surface area contributed by atoms with Crippen molar-refractivity contribution in [3.8, 4) is 0 Å². The topological polar surface area (TPSA) is 46.2 Å². The van der Waals surface area contributed by atoms with Crippen molar-refractivity contribution < 1.29 is 22.7 Å². The molecule has 1 rings (SSSR count). The van der Waals surface area contributed by atoms with Crippen molar-refractivity contribution in [3.05, 3.63) is 35.1 Å². The summed E-state index contributed by atoms with van der Waals surface area (Å²) < 4.78 is 49.4. The number of alkyl halides is 3. The summed E-state index contributed by atoms with van der Waals surface area (Å²) in [5.74, 6) is -0.689. The van der Waals surface area contributed by atoms with E-state index in [-0.39, 0.29) is 18.0 Å². The summed E-state index contributed by atoms with van der Waals surface area (Å²) in [4.78, 5) is 0. The first-order valence-electron chi connectivity index (χ1n) is 4.50. The lowest BCUT2D eigenvalue weighted by Gasteiger charge is -2.22. The summed E-state index contributed by atoms with van der Waals surface area (Å²) in [6, 6.07) is 1.64. The van der Waals surface area contributed by atoms with Crippen molar-refractivity contribution >= 4 is 12.4 Å². The number of hydrogen-bond donors (Lipinski definition) is 2. The van der Waals surface area contributed by atoms with Gasteiger partial charge in [0, 0.05) is 0 Å². The molecule has 3 N–H and O–H groups in total. The zero-order valence-corrected chi connectivity index (χ0v) is 9.65. The summed E-state index contributed by atoms with van der Waals surface area (Å²) in [6.45, 7) is 1.50. The maximum absolute atomic E-state index is 12.8. The zero-order valence-electron chi connectivity index (χ0n) is 8.83. The third kappa shape index (κ3) is 3.83. The summed E-state index contributed by atoms with van der Waals surface area (Å²) in [6.07, 6.45) is -7.52. The second-order valence-electron chi connectivity index (χ2n) is 3.51. The van der Waals surface area contributed by atoms with Gasteiger partial charge in [-0.25, -0.2) is 4.39 Å². The van der Waals surface area contributed by atoms with Crippen LogP contribution >= 0.6 is 12.4 Å². The maximum atomic E-state index is 12.8. The number of benzene rings is 1. The molecule has 0 aliphatic heterocycles. The van der Waals surface area contributed by atoms with Crippen LogP contribution in [0.4, 0.5) is 17.6 Å². The van der Waals surface area contributed by atoms with Crippen LogP contribution in [-0.4, -0.2) is 17.4 Å². The molecule has 0 saturated carbocycles. The number of halogens is 5. The summed E-state index contributed by atoms with van der Waals surface area (Å²) in [7, 11) is 0. The van der Waals surface area contributed by atoms with Gasteiger partial charge >= 0.3 is 6.18 Å². The summed E-state index contributed by atoms with van der Waals surface area (Å²) in [5, 5.41) is 8.95. The van der Waals surface area contributed by atoms with Gasteiger partial charge in [-0.3, -0.25) is 0 Å². The van der Waals surface area contributed by atoms with Crippen molar-refractivity contribution in [3.63, 3.8) is 0 Å². The molecule has 0 bridgehead atoms. The molecule has 2 atom stereocenters. The van der Waals surface area contributed by atoms with E-state index in [1.807, 2.05) is 0 Å². The van der Waals surface area contributed by atoms with E-state index in [9.17, 15) is 17.6 Å². The van der Waals surface area contributed by atoms with E-state index < -0.39 is 24.1 Å². The molecule has 7 heteroatoms. The molecule has 0 amide bonds. The number of aliphatic hydroxyl groups is 1. The standard InChI is InChI=1S/C10H11F4NO.ClH/c1-5-2-3-6(11)4-7(5)8(15)9(16)10(12,13)14;/h2-4,8-9,16H,15H2,1H3;1H/t8-,9-;/m1./s1. The Labute approximate surface area is 102 Å². The summed E-state index contributed by atoms with van der Waals surface area (Å²) >= 11 is 0. The first-order valence-corrected chi connectivity index (χ1v) is 4.50. The molecule has 2 nitrogen and oxygen atoms in total. The molecule has 1 aromatic rings. The Morgan fingerprint density at radius 3 is 2.29 bits per heavy atom. The number of nitrogens with two attached hydrogens (primary N) is 1. The molecule has 0 unspecified atom stereocenters. The number of aryl methyl sites for hydroxylation is 1. The Morgan fingerprint density at radius 1 is 1.29 bits per heavy atom. The highest BCUT2D eigenvalue weighted by molar-refractivity contribution is 5.85. The molecule has 0 spiro atoms. The molecular weight excluding hydrogens is 262 g/mol. The third-order valence-electron chi connectivity index (χ3n) is 2.28. The van der Waals surface area contributed by atoms with E-state index in [2.05, 4.69) is 0 Å². The first kappa shape index (κ1) is 16.1. The summed E-state index contributed by atoms with van der Waals surface area (Å²) in [5.41, 5.74) is 5.61. The largest absolute Gasteiger partial charge is 0.416 e. The minimum absolute atomic E-state index is 0. The Kier molecular flexibility index (Phi) is 5.38. The van der Waals surface area contributed by atoms with Gasteiger partial charge in [0.05, 0.1) is 6.04 Å². The van der Waals surface area contributed by atoms with E-state index in [1.165, 1.54) is 13.0 Å². The van der Waals surface area contributed by atoms with E-state index in [0.29, 0.717) is 5.56 Å². The van der Waals surface area contributed by atoms with Crippen LogP contribution in [0.1, 0.15) is 17.2 Å². The second-order valence-corrected chi connectivity index (χ2v) is 3.51. The molecule has 0 saturated heterocycles. The second kappa shape index (κ2) is 5.66. The van der Waals surface area contributed by atoms with E-state index in [1.54, 1.807) is 0 Å². The molecular formula is C10H12ClF4NO. The smallest absolute Gasteiger partial charge is 0.382 e. The first-order chi connectivity index (χ1) is 7.23. The molecule has 0 aliphatic rings. The van der Waals surface area contributed by atoms with Crippen LogP contribution in [0.2, 0.25) is 0 Å². The van der Waals surface area contributed by atoms with Crippen LogP contribution in [0, 0.1) is 12.7 Å². The number of aliphatic hydroxyl groups excluding tert-OH is 1. The van der Waals surface area contributed by atoms with E-state index in [0.717, 1.165) is 12.1 Å². The molecule has 0 aromatic heterocycles. The highest BCUT2D eigenvalue weighted by Crippen LogP contribution is 2.30. The van der Waals surface area contributed by atoms with Crippen molar-refractivity contribution in [2.24, 2.45) is 5.73 Å². The van der Waals surface area contributed by atoms with Gasteiger partial charge < -0.3 is 10.8 Å². The van der Waals surface area contributed by atoms with Crippen molar-refractivity contribution in [1.82, 2.24) is 0 Å². The van der Waals surface area contributed by atoms with Crippen molar-refractivity contribution in [2.75, 3.05) is 0 Å². The molecule has 1 aromatic carbocycles. The molecule has 17 heavy (non-hydrogen) atoms. The quantitative estimate of drug-likeness (QED) is 0.813. The molecule has 0 aliphatic carbocycles. The Bertz CT molecular complexity index is 383. The van der Waals surface area contributed by atoms with Gasteiger partial charge in [0.15, 0.2) is 6.10 Å². The number of rotatable bonds is 2. The fourth-order valence-corrected chi connectivity index (χ4v) is 1.34. The SMILES string of the molecule is Cc1ccc(F)cc1[C@@H](N)[C@@H](O)C(F)(F)F.Cl. The fourth-order valence-electron chi connectivity index (χ4n) is 1.34. The lowest BCUT2D eigenvalue weighted by Crippen LogP contribution is -2.39. The fraction of sp³-hybridized carbons (Fsp3) is 0.400. The van der Waals surface area contributed by atoms with Gasteiger partial charge in [-0.1, -0.05) is 6.07 Å². The van der Waals surface area contributed by atoms with Crippen LogP contribution in [0.15, 0.2) is 18.2 Å². The normalized spacial score (nSPS) is 15.0. The predicted octanol–water partition coefficient (Wildman–Crippen LogP) is 2.48. The molecule has 98 valence electrons. The third-order valence-corrected chi connectivity index (χ3v) is 2.28. The lowest BCUT2D eigenvalue weighted by molar-refractivity contribution is -0.210. The average molecular weight is 274 g/mol. The van der Waals surface area contributed by atoms with Gasteiger partial charge in [-0.05, 0) is 30.2 Å². The molecule has 0 heterocycles. The Morgan fingerprint density at radius 2 is 1.82 bits per heavy atom. The van der Waals surface area contributed by atoms with Crippen molar-refractivity contribution in [2.45, 2.75) is 25.2 Å². The number of hydrogen-bond acceptors (Lipinski definition) is 2. The van der Waals surface area contributed by atoms with Gasteiger partial charge in [0.1, 0.15) is 5.82 Å². The van der Waals surface area contributed by atoms with Crippen LogP contribution in [0.5, 0.6) is 0 Å². The van der Waals surface area contributed by atoms with Crippen LogP contribution in [0.25, 0.3) is 0 Å². The molecule has 0 radical (unpaired) electrons. The van der Waals surface area contributed by atoms with Crippen LogP contribution < -0.4 is 5.73 Å². The van der Waals surface area contributed by atoms with Crippen molar-refractivity contribution in [1.29, 1.82) is 0 Å². The Balaban J connectivity index is 0.00000256. The van der Waals surface area contributed by atoms with Gasteiger partial charge in [0.25, 0.3) is 0 Å². The minimum atomic E-state index is -4.82. The maximum Gasteiger partial charge on any atom is 0.416 e. The minimum Gasteiger partial charge on any atom is -0.382 e. The lowest BCUT2D eigenvalue weighted by atomic mass is 9.97. The van der Waals surface area contributed by atoms with Gasteiger partial charge in [0.2, 0.25) is 0 Å². The van der Waals surface area contributed by atoms with Crippen LogP contribution in [-0.2, 0) is 0 Å². The highest BCUT2D eigenvalue weighted by Gasteiger charge is 2.43. The van der Waals surface area contributed by atoms with Crippen LogP contribution in [0.3, 0.4) is 0 Å². The van der Waals surface area contributed by atoms with E-state index >= 15 is 0 Å². The molecule has 0 fully saturated rings. The average Bonchev–Trinajstić information content (AvgIpc) is 2.18. The van der Waals surface area contributed by atoms with E-state index in [4.69, 9.17) is 10.8 Å². The van der Waals surface area contributed by atoms with Gasteiger partial charge in [-0.15, -0.1) is 12.4 Å².